The van der Waals surface area contributed by atoms with Crippen LogP contribution in [0.4, 0.5) is 5.82 Å². The zero-order valence-corrected chi connectivity index (χ0v) is 23.4. The van der Waals surface area contributed by atoms with E-state index in [9.17, 15) is 18.3 Å². The molecule has 0 radical (unpaired) electrons. The number of carbonyl (C=O) groups excluding carboxylic acids is 1. The van der Waals surface area contributed by atoms with E-state index in [2.05, 4.69) is 26.7 Å². The first kappa shape index (κ1) is 27.3. The number of hydrogen-bond donors (Lipinski definition) is 1. The van der Waals surface area contributed by atoms with Gasteiger partial charge < -0.3 is 14.9 Å². The standard InChI is InChI=1S/C26H35ClN6O4S/c1-18-15-22(34)24-23(18)25(29-17-28-24)31-9-11-32(12-10-31)26(35)21(19-3-5-20(27)6-4-19)16-30-7-13-33(14-8-30)38(2,36)37/h3-6,17-18,21-22,34H,7-16H2,1-2H3/t18-,21+,22-/m1/s1. The first-order valence-electron chi connectivity index (χ1n) is 13.1. The van der Waals surface area contributed by atoms with E-state index >= 15 is 0 Å². The quantitative estimate of drug-likeness (QED) is 0.566. The smallest absolute Gasteiger partial charge is 0.231 e. The molecule has 0 unspecified atom stereocenters. The Kier molecular flexibility index (Phi) is 7.93. The van der Waals surface area contributed by atoms with Gasteiger partial charge in [0.25, 0.3) is 0 Å². The Labute approximate surface area is 229 Å². The zero-order chi connectivity index (χ0) is 27.0. The predicted molar refractivity (Wildman–Crippen MR) is 146 cm³/mol. The number of amides is 1. The van der Waals surface area contributed by atoms with E-state index in [0.29, 0.717) is 70.3 Å². The van der Waals surface area contributed by atoms with Crippen LogP contribution in [0.25, 0.3) is 0 Å². The lowest BCUT2D eigenvalue weighted by atomic mass is 9.96. The summed E-state index contributed by atoms with van der Waals surface area (Å²) in [6.07, 6.45) is 2.86. The second-order valence-corrected chi connectivity index (χ2v) is 12.9. The number of fused-ring (bicyclic) bond motifs is 1. The molecule has 1 N–H and O–H groups in total. The number of aromatic nitrogens is 2. The number of anilines is 1. The molecular formula is C26H35ClN6O4S. The van der Waals surface area contributed by atoms with Crippen LogP contribution in [0.1, 0.15) is 48.1 Å². The summed E-state index contributed by atoms with van der Waals surface area (Å²) in [6.45, 7) is 7.08. The van der Waals surface area contributed by atoms with Gasteiger partial charge in [0.05, 0.1) is 24.0 Å². The first-order valence-corrected chi connectivity index (χ1v) is 15.3. The molecule has 0 saturated carbocycles. The van der Waals surface area contributed by atoms with Crippen molar-refractivity contribution in [3.8, 4) is 0 Å². The van der Waals surface area contributed by atoms with Crippen molar-refractivity contribution in [1.29, 1.82) is 0 Å². The Morgan fingerprint density at radius 3 is 2.34 bits per heavy atom. The number of piperazine rings is 2. The molecule has 2 saturated heterocycles. The van der Waals surface area contributed by atoms with Crippen molar-refractivity contribution in [2.45, 2.75) is 31.3 Å². The topological polar surface area (TPSA) is 110 Å². The number of nitrogens with zero attached hydrogens (tertiary/aromatic N) is 6. The molecule has 1 aliphatic carbocycles. The zero-order valence-electron chi connectivity index (χ0n) is 21.8. The normalized spacial score (nSPS) is 23.9. The molecule has 2 fully saturated rings. The van der Waals surface area contributed by atoms with Crippen molar-refractivity contribution in [1.82, 2.24) is 24.1 Å². The van der Waals surface area contributed by atoms with Gasteiger partial charge in [0.2, 0.25) is 15.9 Å². The van der Waals surface area contributed by atoms with Crippen molar-refractivity contribution in [2.24, 2.45) is 0 Å². The fourth-order valence-electron chi connectivity index (χ4n) is 5.84. The van der Waals surface area contributed by atoms with Gasteiger partial charge in [-0.3, -0.25) is 9.69 Å². The third-order valence-corrected chi connectivity index (χ3v) is 9.54. The third kappa shape index (κ3) is 5.67. The molecule has 5 rings (SSSR count). The van der Waals surface area contributed by atoms with E-state index in [1.807, 2.05) is 29.2 Å². The Balaban J connectivity index is 1.28. The van der Waals surface area contributed by atoms with E-state index in [4.69, 9.17) is 11.6 Å². The number of carbonyl (C=O) groups is 1. The van der Waals surface area contributed by atoms with Crippen LogP contribution in [0.2, 0.25) is 5.02 Å². The Hall–Kier alpha value is -2.31. The molecule has 1 aromatic carbocycles. The van der Waals surface area contributed by atoms with Gasteiger partial charge in [0, 0.05) is 69.5 Å². The molecule has 12 heteroatoms. The molecule has 2 aromatic rings. The molecule has 2 aliphatic heterocycles. The monoisotopic (exact) mass is 562 g/mol. The van der Waals surface area contributed by atoms with Crippen LogP contribution in [0.5, 0.6) is 0 Å². The lowest BCUT2D eigenvalue weighted by Crippen LogP contribution is -2.53. The van der Waals surface area contributed by atoms with Gasteiger partial charge in [-0.1, -0.05) is 30.7 Å². The minimum Gasteiger partial charge on any atom is -0.387 e. The molecular weight excluding hydrogens is 528 g/mol. The Morgan fingerprint density at radius 2 is 1.71 bits per heavy atom. The van der Waals surface area contributed by atoms with Crippen molar-refractivity contribution in [2.75, 3.05) is 70.1 Å². The summed E-state index contributed by atoms with van der Waals surface area (Å²) in [4.78, 5) is 29.1. The summed E-state index contributed by atoms with van der Waals surface area (Å²) in [7, 11) is -3.22. The van der Waals surface area contributed by atoms with Crippen LogP contribution in [-0.2, 0) is 14.8 Å². The first-order chi connectivity index (χ1) is 18.1. The van der Waals surface area contributed by atoms with Crippen molar-refractivity contribution in [3.63, 3.8) is 0 Å². The number of aliphatic hydroxyl groups is 1. The molecule has 1 aromatic heterocycles. The lowest BCUT2D eigenvalue weighted by Gasteiger charge is -2.39. The summed E-state index contributed by atoms with van der Waals surface area (Å²) in [6, 6.07) is 7.43. The number of sulfonamides is 1. The van der Waals surface area contributed by atoms with Gasteiger partial charge in [-0.15, -0.1) is 0 Å². The summed E-state index contributed by atoms with van der Waals surface area (Å²) in [5.74, 6) is 0.744. The molecule has 3 atom stereocenters. The highest BCUT2D eigenvalue weighted by atomic mass is 35.5. The number of rotatable bonds is 6. The van der Waals surface area contributed by atoms with Crippen molar-refractivity contribution in [3.05, 3.63) is 52.4 Å². The van der Waals surface area contributed by atoms with E-state index in [1.54, 1.807) is 0 Å². The second kappa shape index (κ2) is 11.1. The van der Waals surface area contributed by atoms with Crippen LogP contribution in [0, 0.1) is 0 Å². The van der Waals surface area contributed by atoms with E-state index in [-0.39, 0.29) is 17.7 Å². The van der Waals surface area contributed by atoms with Gasteiger partial charge >= 0.3 is 0 Å². The van der Waals surface area contributed by atoms with E-state index in [0.717, 1.165) is 22.6 Å². The number of hydrogen-bond acceptors (Lipinski definition) is 8. The van der Waals surface area contributed by atoms with Gasteiger partial charge in [-0.2, -0.15) is 4.31 Å². The molecule has 3 heterocycles. The highest BCUT2D eigenvalue weighted by molar-refractivity contribution is 7.88. The largest absolute Gasteiger partial charge is 0.387 e. The fourth-order valence-corrected chi connectivity index (χ4v) is 6.79. The number of benzene rings is 1. The summed E-state index contributed by atoms with van der Waals surface area (Å²) >= 11 is 6.13. The summed E-state index contributed by atoms with van der Waals surface area (Å²) < 4.78 is 25.3. The third-order valence-electron chi connectivity index (χ3n) is 7.98. The highest BCUT2D eigenvalue weighted by Gasteiger charge is 2.36. The van der Waals surface area contributed by atoms with Gasteiger partial charge in [-0.25, -0.2) is 18.4 Å². The van der Waals surface area contributed by atoms with Crippen LogP contribution in [-0.4, -0.2) is 109 Å². The molecule has 0 bridgehead atoms. The Morgan fingerprint density at radius 1 is 1.05 bits per heavy atom. The van der Waals surface area contributed by atoms with Crippen LogP contribution in [0.15, 0.2) is 30.6 Å². The highest BCUT2D eigenvalue weighted by Crippen LogP contribution is 2.42. The maximum atomic E-state index is 13.9. The van der Waals surface area contributed by atoms with E-state index < -0.39 is 16.1 Å². The minimum absolute atomic E-state index is 0.0641. The van der Waals surface area contributed by atoms with Gasteiger partial charge in [0.1, 0.15) is 12.1 Å². The summed E-state index contributed by atoms with van der Waals surface area (Å²) in [5.41, 5.74) is 2.65. The van der Waals surface area contributed by atoms with Crippen molar-refractivity contribution >= 4 is 33.3 Å². The van der Waals surface area contributed by atoms with Crippen LogP contribution < -0.4 is 4.90 Å². The van der Waals surface area contributed by atoms with Gasteiger partial charge in [0.15, 0.2) is 0 Å². The average molecular weight is 563 g/mol. The van der Waals surface area contributed by atoms with Crippen LogP contribution in [0.3, 0.4) is 0 Å². The Bertz CT molecular complexity index is 1260. The van der Waals surface area contributed by atoms with Gasteiger partial charge in [-0.05, 0) is 30.0 Å². The number of halogens is 1. The molecule has 3 aliphatic rings. The lowest BCUT2D eigenvalue weighted by molar-refractivity contribution is -0.133. The summed E-state index contributed by atoms with van der Waals surface area (Å²) in [5, 5.41) is 11.0. The molecule has 206 valence electrons. The number of aliphatic hydroxyl groups excluding tert-OH is 1. The SMILES string of the molecule is C[C@@H]1C[C@@H](O)c2ncnc(N3CCN(C(=O)[C@@H](CN4CCN(S(C)(=O)=O)CC4)c4ccc(Cl)cc4)CC3)c21. The predicted octanol–water partition coefficient (Wildman–Crippen LogP) is 1.68. The fraction of sp³-hybridized carbons (Fsp3) is 0.577. The van der Waals surface area contributed by atoms with Crippen LogP contribution >= 0.6 is 11.6 Å². The average Bonchev–Trinajstić information content (AvgIpc) is 3.20. The maximum absolute atomic E-state index is 13.9. The molecule has 10 nitrogen and oxygen atoms in total. The minimum atomic E-state index is -3.22. The molecule has 0 spiro atoms. The van der Waals surface area contributed by atoms with Crippen molar-refractivity contribution < 1.29 is 18.3 Å². The maximum Gasteiger partial charge on any atom is 0.231 e. The second-order valence-electron chi connectivity index (χ2n) is 10.5. The molecule has 1 amide bonds. The molecule has 38 heavy (non-hydrogen) atoms. The van der Waals surface area contributed by atoms with E-state index in [1.165, 1.54) is 16.9 Å².